The second-order valence-corrected chi connectivity index (χ2v) is 3.16. The van der Waals surface area contributed by atoms with Crippen molar-refractivity contribution in [3.8, 4) is 11.5 Å². The Bertz CT molecular complexity index is 547. The van der Waals surface area contributed by atoms with Gasteiger partial charge in [-0.1, -0.05) is 0 Å². The molecule has 0 aliphatic carbocycles. The van der Waals surface area contributed by atoms with Gasteiger partial charge in [-0.15, -0.1) is 0 Å². The SMILES string of the molecule is COc1ccc2c(C(N)=O)n[nH]c2c1OC. The van der Waals surface area contributed by atoms with Crippen molar-refractivity contribution in [2.45, 2.75) is 0 Å². The highest BCUT2D eigenvalue weighted by Gasteiger charge is 2.16. The minimum Gasteiger partial charge on any atom is -0.493 e. The van der Waals surface area contributed by atoms with Crippen LogP contribution >= 0.6 is 0 Å². The lowest BCUT2D eigenvalue weighted by atomic mass is 10.2. The summed E-state index contributed by atoms with van der Waals surface area (Å²) in [6.45, 7) is 0. The summed E-state index contributed by atoms with van der Waals surface area (Å²) in [6.07, 6.45) is 0. The standard InChI is InChI=1S/C10H11N3O3/c1-15-6-4-3-5-7(9(6)16-2)12-13-8(5)10(11)14/h3-4H,1-2H3,(H2,11,14)(H,12,13). The zero-order chi connectivity index (χ0) is 11.7. The summed E-state index contributed by atoms with van der Waals surface area (Å²) in [5.41, 5.74) is 5.98. The molecule has 0 aliphatic heterocycles. The molecule has 1 aromatic heterocycles. The van der Waals surface area contributed by atoms with Crippen LogP contribution in [0.15, 0.2) is 12.1 Å². The maximum absolute atomic E-state index is 11.1. The van der Waals surface area contributed by atoms with E-state index in [9.17, 15) is 4.79 Å². The minimum absolute atomic E-state index is 0.191. The van der Waals surface area contributed by atoms with Gasteiger partial charge in [-0.2, -0.15) is 5.10 Å². The van der Waals surface area contributed by atoms with Crippen molar-refractivity contribution in [3.05, 3.63) is 17.8 Å². The Morgan fingerprint density at radius 2 is 2.12 bits per heavy atom. The van der Waals surface area contributed by atoms with Crippen molar-refractivity contribution in [2.75, 3.05) is 14.2 Å². The molecule has 1 amide bonds. The van der Waals surface area contributed by atoms with Crippen molar-refractivity contribution >= 4 is 16.8 Å². The predicted molar refractivity (Wildman–Crippen MR) is 57.7 cm³/mol. The second kappa shape index (κ2) is 3.73. The van der Waals surface area contributed by atoms with Crippen LogP contribution in [-0.2, 0) is 0 Å². The molecule has 16 heavy (non-hydrogen) atoms. The van der Waals surface area contributed by atoms with E-state index in [0.29, 0.717) is 22.4 Å². The monoisotopic (exact) mass is 221 g/mol. The quantitative estimate of drug-likeness (QED) is 0.797. The predicted octanol–water partition coefficient (Wildman–Crippen LogP) is 0.679. The van der Waals surface area contributed by atoms with E-state index in [0.717, 1.165) is 0 Å². The van der Waals surface area contributed by atoms with E-state index >= 15 is 0 Å². The van der Waals surface area contributed by atoms with Crippen LogP contribution in [0.25, 0.3) is 10.9 Å². The van der Waals surface area contributed by atoms with E-state index in [1.54, 1.807) is 12.1 Å². The molecule has 84 valence electrons. The van der Waals surface area contributed by atoms with Crippen LogP contribution in [0.2, 0.25) is 0 Å². The zero-order valence-corrected chi connectivity index (χ0v) is 8.90. The molecule has 0 spiro atoms. The van der Waals surface area contributed by atoms with E-state index in [1.165, 1.54) is 14.2 Å². The number of carbonyl (C=O) groups excluding carboxylic acids is 1. The number of carbonyl (C=O) groups is 1. The molecule has 1 heterocycles. The molecular formula is C10H11N3O3. The van der Waals surface area contributed by atoms with Crippen LogP contribution in [-0.4, -0.2) is 30.3 Å². The van der Waals surface area contributed by atoms with Gasteiger partial charge >= 0.3 is 0 Å². The van der Waals surface area contributed by atoms with E-state index < -0.39 is 5.91 Å². The molecule has 6 nitrogen and oxygen atoms in total. The molecule has 2 rings (SSSR count). The molecule has 1 aromatic carbocycles. The Hall–Kier alpha value is -2.24. The smallest absolute Gasteiger partial charge is 0.269 e. The highest BCUT2D eigenvalue weighted by Crippen LogP contribution is 2.34. The van der Waals surface area contributed by atoms with Crippen LogP contribution in [0.5, 0.6) is 11.5 Å². The van der Waals surface area contributed by atoms with Gasteiger partial charge in [-0.05, 0) is 12.1 Å². The third-order valence-electron chi connectivity index (χ3n) is 2.31. The van der Waals surface area contributed by atoms with Gasteiger partial charge < -0.3 is 15.2 Å². The maximum atomic E-state index is 11.1. The highest BCUT2D eigenvalue weighted by atomic mass is 16.5. The number of fused-ring (bicyclic) bond motifs is 1. The Kier molecular flexibility index (Phi) is 2.40. The summed E-state index contributed by atoms with van der Waals surface area (Å²) in [7, 11) is 3.05. The Labute approximate surface area is 91.3 Å². The van der Waals surface area contributed by atoms with Crippen molar-refractivity contribution in [1.82, 2.24) is 10.2 Å². The average molecular weight is 221 g/mol. The van der Waals surface area contributed by atoms with Gasteiger partial charge in [0.2, 0.25) is 0 Å². The van der Waals surface area contributed by atoms with E-state index in [-0.39, 0.29) is 5.69 Å². The van der Waals surface area contributed by atoms with E-state index in [1.807, 2.05) is 0 Å². The summed E-state index contributed by atoms with van der Waals surface area (Å²) >= 11 is 0. The number of nitrogens with zero attached hydrogens (tertiary/aromatic N) is 1. The number of benzene rings is 1. The summed E-state index contributed by atoms with van der Waals surface area (Å²) in [6, 6.07) is 3.41. The van der Waals surface area contributed by atoms with Gasteiger partial charge in [0.25, 0.3) is 5.91 Å². The van der Waals surface area contributed by atoms with Crippen LogP contribution in [0.4, 0.5) is 0 Å². The number of methoxy groups -OCH3 is 2. The lowest BCUT2D eigenvalue weighted by Gasteiger charge is -2.07. The largest absolute Gasteiger partial charge is 0.493 e. The minimum atomic E-state index is -0.585. The molecule has 0 unspecified atom stereocenters. The fraction of sp³-hybridized carbons (Fsp3) is 0.200. The summed E-state index contributed by atoms with van der Waals surface area (Å²) in [5, 5.41) is 7.17. The van der Waals surface area contributed by atoms with E-state index in [4.69, 9.17) is 15.2 Å². The Morgan fingerprint density at radius 1 is 1.38 bits per heavy atom. The number of amides is 1. The summed E-state index contributed by atoms with van der Waals surface area (Å²) in [4.78, 5) is 11.1. The number of rotatable bonds is 3. The molecule has 3 N–H and O–H groups in total. The Morgan fingerprint density at radius 3 is 2.69 bits per heavy atom. The number of aromatic nitrogens is 2. The second-order valence-electron chi connectivity index (χ2n) is 3.16. The zero-order valence-electron chi connectivity index (χ0n) is 8.90. The van der Waals surface area contributed by atoms with Crippen LogP contribution < -0.4 is 15.2 Å². The van der Waals surface area contributed by atoms with Crippen molar-refractivity contribution < 1.29 is 14.3 Å². The number of aromatic amines is 1. The number of H-pyrrole nitrogens is 1. The van der Waals surface area contributed by atoms with Gasteiger partial charge in [0.1, 0.15) is 5.52 Å². The highest BCUT2D eigenvalue weighted by molar-refractivity contribution is 6.05. The van der Waals surface area contributed by atoms with Gasteiger partial charge in [-0.3, -0.25) is 9.89 Å². The Balaban J connectivity index is 2.75. The molecule has 6 heteroatoms. The van der Waals surface area contributed by atoms with Crippen LogP contribution in [0.1, 0.15) is 10.5 Å². The molecule has 0 saturated heterocycles. The first-order chi connectivity index (χ1) is 7.69. The first-order valence-corrected chi connectivity index (χ1v) is 4.58. The third-order valence-corrected chi connectivity index (χ3v) is 2.31. The van der Waals surface area contributed by atoms with Crippen LogP contribution in [0, 0.1) is 0 Å². The molecule has 0 aliphatic rings. The first-order valence-electron chi connectivity index (χ1n) is 4.58. The number of hydrogen-bond donors (Lipinski definition) is 2. The van der Waals surface area contributed by atoms with Gasteiger partial charge in [0, 0.05) is 5.39 Å². The molecular weight excluding hydrogens is 210 g/mol. The molecule has 0 bridgehead atoms. The van der Waals surface area contributed by atoms with E-state index in [2.05, 4.69) is 10.2 Å². The number of nitrogens with two attached hydrogens (primary N) is 1. The first kappa shape index (κ1) is 10.3. The molecule has 0 radical (unpaired) electrons. The fourth-order valence-corrected chi connectivity index (χ4v) is 1.60. The summed E-state index contributed by atoms with van der Waals surface area (Å²) < 4.78 is 10.3. The number of primary amides is 1. The van der Waals surface area contributed by atoms with Crippen molar-refractivity contribution in [3.63, 3.8) is 0 Å². The topological polar surface area (TPSA) is 90.2 Å². The normalized spacial score (nSPS) is 10.4. The lowest BCUT2D eigenvalue weighted by molar-refractivity contribution is 0.0997. The van der Waals surface area contributed by atoms with Gasteiger partial charge in [0.05, 0.1) is 14.2 Å². The molecule has 0 saturated carbocycles. The lowest BCUT2D eigenvalue weighted by Crippen LogP contribution is -2.11. The fourth-order valence-electron chi connectivity index (χ4n) is 1.60. The third kappa shape index (κ3) is 1.35. The maximum Gasteiger partial charge on any atom is 0.269 e. The summed E-state index contributed by atoms with van der Waals surface area (Å²) in [5.74, 6) is 0.480. The average Bonchev–Trinajstić information content (AvgIpc) is 2.71. The van der Waals surface area contributed by atoms with Gasteiger partial charge in [-0.25, -0.2) is 0 Å². The van der Waals surface area contributed by atoms with Gasteiger partial charge in [0.15, 0.2) is 17.2 Å². The van der Waals surface area contributed by atoms with Crippen molar-refractivity contribution in [1.29, 1.82) is 0 Å². The molecule has 0 fully saturated rings. The number of nitrogens with one attached hydrogen (secondary N) is 1. The van der Waals surface area contributed by atoms with Crippen molar-refractivity contribution in [2.24, 2.45) is 5.73 Å². The molecule has 2 aromatic rings. The molecule has 0 atom stereocenters. The number of ether oxygens (including phenoxy) is 2. The number of hydrogen-bond acceptors (Lipinski definition) is 4. The van der Waals surface area contributed by atoms with Crippen LogP contribution in [0.3, 0.4) is 0 Å².